The summed E-state index contributed by atoms with van der Waals surface area (Å²) in [6.07, 6.45) is 0. The summed E-state index contributed by atoms with van der Waals surface area (Å²) < 4.78 is 9.34. The van der Waals surface area contributed by atoms with Crippen molar-refractivity contribution in [3.63, 3.8) is 0 Å². The fourth-order valence-electron chi connectivity index (χ4n) is 0.869. The number of benzene rings is 1. The molecule has 0 bridgehead atoms. The standard InChI is InChI=1S/C7H9NO3P2/c8-4-1-2-5(7(9)11-13)6(3-4)10-12/h1-3H,8,12-13H2. The van der Waals surface area contributed by atoms with Crippen LogP contribution in [0.1, 0.15) is 10.4 Å². The van der Waals surface area contributed by atoms with Gasteiger partial charge in [-0.05, 0) is 12.1 Å². The number of nitrogens with two attached hydrogens (primary N) is 1. The molecule has 0 spiro atoms. The molecule has 0 radical (unpaired) electrons. The van der Waals surface area contributed by atoms with Crippen LogP contribution in [0.2, 0.25) is 0 Å². The number of hydrogen-bond donors (Lipinski definition) is 1. The first-order valence-corrected chi connectivity index (χ1v) is 4.30. The predicted molar refractivity (Wildman–Crippen MR) is 56.3 cm³/mol. The number of nitrogen functional groups attached to an aromatic ring is 1. The monoisotopic (exact) mass is 217 g/mol. The molecule has 2 unspecified atom stereocenters. The minimum absolute atomic E-state index is 0.333. The van der Waals surface area contributed by atoms with Crippen LogP contribution in [0.15, 0.2) is 18.2 Å². The molecule has 4 nitrogen and oxygen atoms in total. The lowest BCUT2D eigenvalue weighted by Crippen LogP contribution is -2.00. The van der Waals surface area contributed by atoms with Crippen molar-refractivity contribution < 1.29 is 13.8 Å². The van der Waals surface area contributed by atoms with E-state index in [1.165, 1.54) is 0 Å². The van der Waals surface area contributed by atoms with Gasteiger partial charge in [-0.1, -0.05) is 0 Å². The Morgan fingerprint density at radius 3 is 2.62 bits per heavy atom. The molecule has 0 aromatic heterocycles. The number of carbonyl (C=O) groups is 1. The lowest BCUT2D eigenvalue weighted by Gasteiger charge is -2.06. The van der Waals surface area contributed by atoms with E-state index >= 15 is 0 Å². The van der Waals surface area contributed by atoms with Gasteiger partial charge in [-0.2, -0.15) is 0 Å². The average Bonchev–Trinajstić information content (AvgIpc) is 2.16. The van der Waals surface area contributed by atoms with E-state index in [0.29, 0.717) is 17.0 Å². The summed E-state index contributed by atoms with van der Waals surface area (Å²) in [7, 11) is 3.93. The zero-order valence-corrected chi connectivity index (χ0v) is 9.00. The Labute approximate surface area is 80.4 Å². The first kappa shape index (κ1) is 10.2. The van der Waals surface area contributed by atoms with Crippen LogP contribution in [0.4, 0.5) is 5.69 Å². The highest BCUT2D eigenvalue weighted by molar-refractivity contribution is 7.11. The van der Waals surface area contributed by atoms with Crippen LogP contribution in [0, 0.1) is 0 Å². The zero-order chi connectivity index (χ0) is 9.84. The second-order valence-electron chi connectivity index (χ2n) is 2.28. The van der Waals surface area contributed by atoms with Crippen molar-refractivity contribution in [2.45, 2.75) is 0 Å². The third-order valence-electron chi connectivity index (χ3n) is 1.46. The average molecular weight is 217 g/mol. The van der Waals surface area contributed by atoms with E-state index in [1.807, 2.05) is 18.9 Å². The van der Waals surface area contributed by atoms with Crippen molar-refractivity contribution >= 4 is 30.6 Å². The van der Waals surface area contributed by atoms with Gasteiger partial charge in [0.25, 0.3) is 0 Å². The molecule has 2 N–H and O–H groups in total. The van der Waals surface area contributed by atoms with E-state index in [0.717, 1.165) is 0 Å². The van der Waals surface area contributed by atoms with Gasteiger partial charge in [-0.3, -0.25) is 0 Å². The van der Waals surface area contributed by atoms with E-state index in [9.17, 15) is 4.79 Å². The topological polar surface area (TPSA) is 61.6 Å². The van der Waals surface area contributed by atoms with E-state index in [-0.39, 0.29) is 0 Å². The third kappa shape index (κ3) is 2.30. The smallest absolute Gasteiger partial charge is 0.344 e. The van der Waals surface area contributed by atoms with Gasteiger partial charge in [-0.15, -0.1) is 0 Å². The lowest BCUT2D eigenvalue weighted by atomic mass is 10.2. The molecule has 0 saturated carbocycles. The highest BCUT2D eigenvalue weighted by Gasteiger charge is 2.11. The highest BCUT2D eigenvalue weighted by atomic mass is 31.0. The number of carbonyl (C=O) groups excluding carboxylic acids is 1. The Hall–Kier alpha value is -0.850. The van der Waals surface area contributed by atoms with Crippen LogP contribution in [0.3, 0.4) is 0 Å². The zero-order valence-electron chi connectivity index (χ0n) is 6.69. The van der Waals surface area contributed by atoms with E-state index in [1.54, 1.807) is 18.2 Å². The van der Waals surface area contributed by atoms with Gasteiger partial charge in [0, 0.05) is 11.8 Å². The summed E-state index contributed by atoms with van der Waals surface area (Å²) in [5.74, 6) is -0.111. The van der Waals surface area contributed by atoms with Crippen molar-refractivity contribution in [3.05, 3.63) is 23.8 Å². The van der Waals surface area contributed by atoms with Crippen LogP contribution in [0.25, 0.3) is 0 Å². The van der Waals surface area contributed by atoms with Crippen LogP contribution >= 0.6 is 18.9 Å². The van der Waals surface area contributed by atoms with Crippen LogP contribution in [-0.2, 0) is 4.52 Å². The molecule has 2 atom stereocenters. The molecule has 0 heterocycles. The predicted octanol–water partition coefficient (Wildman–Crippen LogP) is 1.38. The molecule has 1 aromatic rings. The van der Waals surface area contributed by atoms with Crippen molar-refractivity contribution in [1.29, 1.82) is 0 Å². The maximum absolute atomic E-state index is 11.1. The second kappa shape index (κ2) is 4.40. The molecule has 13 heavy (non-hydrogen) atoms. The van der Waals surface area contributed by atoms with Gasteiger partial charge in [0.1, 0.15) is 11.3 Å². The summed E-state index contributed by atoms with van der Waals surface area (Å²) in [6.45, 7) is 0. The Morgan fingerprint density at radius 2 is 2.08 bits per heavy atom. The maximum atomic E-state index is 11.1. The molecule has 0 aliphatic rings. The number of hydrogen-bond acceptors (Lipinski definition) is 4. The second-order valence-corrected chi connectivity index (χ2v) is 2.75. The molecule has 0 saturated heterocycles. The SMILES string of the molecule is Nc1ccc(C(=O)OP)c(OP)c1. The van der Waals surface area contributed by atoms with Crippen molar-refractivity contribution in [1.82, 2.24) is 0 Å². The molecule has 0 amide bonds. The molecule has 0 fully saturated rings. The summed E-state index contributed by atoms with van der Waals surface area (Å²) in [4.78, 5) is 11.1. The van der Waals surface area contributed by atoms with Gasteiger partial charge in [0.15, 0.2) is 0 Å². The number of rotatable bonds is 2. The Balaban J connectivity index is 3.13. The largest absolute Gasteiger partial charge is 0.479 e. The Morgan fingerprint density at radius 1 is 1.38 bits per heavy atom. The summed E-state index contributed by atoms with van der Waals surface area (Å²) in [5, 5.41) is 0. The van der Waals surface area contributed by atoms with Gasteiger partial charge >= 0.3 is 5.97 Å². The first-order chi connectivity index (χ1) is 6.19. The van der Waals surface area contributed by atoms with Crippen molar-refractivity contribution in [2.24, 2.45) is 0 Å². The molecule has 70 valence electrons. The molecule has 1 aromatic carbocycles. The quantitative estimate of drug-likeness (QED) is 0.600. The van der Waals surface area contributed by atoms with Gasteiger partial charge in [-0.25, -0.2) is 4.79 Å². The molecule has 1 rings (SSSR count). The summed E-state index contributed by atoms with van der Waals surface area (Å²) in [5.41, 5.74) is 6.36. The molecular weight excluding hydrogens is 208 g/mol. The van der Waals surface area contributed by atoms with E-state index in [4.69, 9.17) is 10.3 Å². The fourth-order valence-corrected chi connectivity index (χ4v) is 1.19. The Kier molecular flexibility index (Phi) is 3.47. The molecule has 6 heteroatoms. The van der Waals surface area contributed by atoms with Crippen molar-refractivity contribution in [3.8, 4) is 5.75 Å². The normalized spacial score (nSPS) is 9.38. The maximum Gasteiger partial charge on any atom is 0.344 e. The minimum atomic E-state index is -0.484. The van der Waals surface area contributed by atoms with Crippen LogP contribution < -0.4 is 10.3 Å². The summed E-state index contributed by atoms with van der Waals surface area (Å²) in [6, 6.07) is 4.69. The third-order valence-corrected chi connectivity index (χ3v) is 1.93. The molecular formula is C7H9NO3P2. The van der Waals surface area contributed by atoms with Gasteiger partial charge in [0.2, 0.25) is 0 Å². The van der Waals surface area contributed by atoms with Gasteiger partial charge < -0.3 is 14.8 Å². The summed E-state index contributed by atoms with van der Waals surface area (Å²) >= 11 is 0. The molecule has 0 aliphatic carbocycles. The molecule has 0 aliphatic heterocycles. The van der Waals surface area contributed by atoms with Crippen LogP contribution in [0.5, 0.6) is 5.75 Å². The van der Waals surface area contributed by atoms with Crippen molar-refractivity contribution in [2.75, 3.05) is 5.73 Å². The van der Waals surface area contributed by atoms with E-state index < -0.39 is 5.97 Å². The lowest BCUT2D eigenvalue weighted by molar-refractivity contribution is 0.0764. The minimum Gasteiger partial charge on any atom is -0.479 e. The highest BCUT2D eigenvalue weighted by Crippen LogP contribution is 2.24. The van der Waals surface area contributed by atoms with E-state index in [2.05, 4.69) is 4.52 Å². The van der Waals surface area contributed by atoms with Crippen LogP contribution in [-0.4, -0.2) is 5.97 Å². The van der Waals surface area contributed by atoms with Gasteiger partial charge in [0.05, 0.1) is 18.9 Å². The fraction of sp³-hybridized carbons (Fsp3) is 0. The number of anilines is 1. The first-order valence-electron chi connectivity index (χ1n) is 3.36. The Bertz CT molecular complexity index is 330.